The van der Waals surface area contributed by atoms with Crippen molar-refractivity contribution >= 4 is 5.69 Å². The minimum Gasteiger partial charge on any atom is -0.490 e. The largest absolute Gasteiger partial charge is 0.490 e. The summed E-state index contributed by atoms with van der Waals surface area (Å²) in [6.45, 7) is 4.16. The number of hydrogen-bond donors (Lipinski definition) is 2. The van der Waals surface area contributed by atoms with E-state index >= 15 is 0 Å². The van der Waals surface area contributed by atoms with Crippen LogP contribution in [0.3, 0.4) is 0 Å². The van der Waals surface area contributed by atoms with E-state index in [0.717, 1.165) is 50.5 Å². The van der Waals surface area contributed by atoms with E-state index in [1.54, 1.807) is 6.20 Å². The molecule has 2 fully saturated rings. The maximum atomic E-state index is 9.02. The highest BCUT2D eigenvalue weighted by Gasteiger charge is 2.23. The number of nitrogens with zero attached hydrogens (tertiary/aromatic N) is 2. The number of nitrogens with one attached hydrogen (secondary N) is 1. The number of aliphatic hydroxyl groups excluding tert-OH is 1. The predicted molar refractivity (Wildman–Crippen MR) is 78.2 cm³/mol. The van der Waals surface area contributed by atoms with Crippen LogP contribution in [0.4, 0.5) is 5.69 Å². The molecule has 5 heteroatoms. The summed E-state index contributed by atoms with van der Waals surface area (Å²) in [6.07, 6.45) is 6.92. The zero-order chi connectivity index (χ0) is 13.8. The summed E-state index contributed by atoms with van der Waals surface area (Å²) < 4.78 is 5.79. The van der Waals surface area contributed by atoms with E-state index in [-0.39, 0.29) is 6.61 Å². The molecule has 0 aliphatic carbocycles. The molecule has 20 heavy (non-hydrogen) atoms. The second-order valence-corrected chi connectivity index (χ2v) is 5.74. The van der Waals surface area contributed by atoms with Gasteiger partial charge in [0.05, 0.1) is 18.1 Å². The van der Waals surface area contributed by atoms with E-state index < -0.39 is 0 Å². The van der Waals surface area contributed by atoms with Crippen molar-refractivity contribution < 1.29 is 9.84 Å². The number of anilines is 1. The smallest absolute Gasteiger partial charge is 0.139 e. The predicted octanol–water partition coefficient (Wildman–Crippen LogP) is 1.03. The molecule has 1 aromatic heterocycles. The standard InChI is InChI=1S/C15H23N3O2/c19-6-3-12-2-5-18(10-12)14-7-15(9-16-8-14)20-11-13-1-4-17-13/h7-9,12-13,17,19H,1-6,10-11H2. The highest BCUT2D eigenvalue weighted by Crippen LogP contribution is 2.27. The Morgan fingerprint density at radius 3 is 3.05 bits per heavy atom. The first kappa shape index (κ1) is 13.6. The fraction of sp³-hybridized carbons (Fsp3) is 0.667. The molecule has 3 rings (SSSR count). The topological polar surface area (TPSA) is 57.6 Å². The van der Waals surface area contributed by atoms with Crippen LogP contribution in [-0.2, 0) is 0 Å². The first-order chi connectivity index (χ1) is 9.85. The summed E-state index contributed by atoms with van der Waals surface area (Å²) in [6, 6.07) is 2.58. The molecular weight excluding hydrogens is 254 g/mol. The Labute approximate surface area is 120 Å². The Hall–Kier alpha value is -1.33. The Kier molecular flexibility index (Phi) is 4.38. The van der Waals surface area contributed by atoms with Gasteiger partial charge in [0, 0.05) is 31.8 Å². The lowest BCUT2D eigenvalue weighted by molar-refractivity contribution is 0.217. The monoisotopic (exact) mass is 277 g/mol. The van der Waals surface area contributed by atoms with Crippen molar-refractivity contribution in [1.82, 2.24) is 10.3 Å². The second-order valence-electron chi connectivity index (χ2n) is 5.74. The van der Waals surface area contributed by atoms with Crippen molar-refractivity contribution in [3.05, 3.63) is 18.5 Å². The first-order valence-corrected chi connectivity index (χ1v) is 7.52. The molecule has 0 aromatic carbocycles. The number of ether oxygens (including phenoxy) is 1. The molecule has 2 aliphatic heterocycles. The quantitative estimate of drug-likeness (QED) is 0.813. The molecule has 2 saturated heterocycles. The van der Waals surface area contributed by atoms with Gasteiger partial charge in [0.25, 0.3) is 0 Å². The first-order valence-electron chi connectivity index (χ1n) is 7.52. The summed E-state index contributed by atoms with van der Waals surface area (Å²) in [4.78, 5) is 6.62. The van der Waals surface area contributed by atoms with Crippen LogP contribution in [0.1, 0.15) is 19.3 Å². The molecule has 5 nitrogen and oxygen atoms in total. The highest BCUT2D eigenvalue weighted by atomic mass is 16.5. The van der Waals surface area contributed by atoms with Gasteiger partial charge in [-0.25, -0.2) is 0 Å². The molecule has 0 bridgehead atoms. The zero-order valence-corrected chi connectivity index (χ0v) is 11.8. The Morgan fingerprint density at radius 2 is 2.30 bits per heavy atom. The van der Waals surface area contributed by atoms with Crippen molar-refractivity contribution in [2.45, 2.75) is 25.3 Å². The number of hydrogen-bond acceptors (Lipinski definition) is 5. The molecule has 2 aliphatic rings. The van der Waals surface area contributed by atoms with E-state index in [1.807, 2.05) is 6.20 Å². The average Bonchev–Trinajstić information content (AvgIpc) is 2.86. The molecule has 110 valence electrons. The lowest BCUT2D eigenvalue weighted by atomic mass is 10.1. The number of pyridine rings is 1. The maximum absolute atomic E-state index is 9.02. The summed E-state index contributed by atoms with van der Waals surface area (Å²) in [5.74, 6) is 1.45. The van der Waals surface area contributed by atoms with E-state index in [9.17, 15) is 0 Å². The number of aliphatic hydroxyl groups is 1. The minimum atomic E-state index is 0.286. The third-order valence-electron chi connectivity index (χ3n) is 4.26. The van der Waals surface area contributed by atoms with Gasteiger partial charge in [-0.15, -0.1) is 0 Å². The van der Waals surface area contributed by atoms with Crippen LogP contribution in [0.2, 0.25) is 0 Å². The van der Waals surface area contributed by atoms with Gasteiger partial charge in [-0.1, -0.05) is 0 Å². The Morgan fingerprint density at radius 1 is 1.40 bits per heavy atom. The molecule has 0 amide bonds. The third-order valence-corrected chi connectivity index (χ3v) is 4.26. The van der Waals surface area contributed by atoms with Crippen molar-refractivity contribution in [3.8, 4) is 5.75 Å². The van der Waals surface area contributed by atoms with Crippen molar-refractivity contribution in [2.75, 3.05) is 37.7 Å². The van der Waals surface area contributed by atoms with Crippen LogP contribution in [0.25, 0.3) is 0 Å². The van der Waals surface area contributed by atoms with E-state index in [0.29, 0.717) is 12.0 Å². The van der Waals surface area contributed by atoms with Gasteiger partial charge in [0.15, 0.2) is 0 Å². The van der Waals surface area contributed by atoms with Crippen LogP contribution in [0, 0.1) is 5.92 Å². The van der Waals surface area contributed by atoms with Gasteiger partial charge in [0.1, 0.15) is 12.4 Å². The van der Waals surface area contributed by atoms with E-state index in [1.165, 1.54) is 6.42 Å². The molecule has 0 radical (unpaired) electrons. The van der Waals surface area contributed by atoms with Crippen LogP contribution in [0.5, 0.6) is 5.75 Å². The maximum Gasteiger partial charge on any atom is 0.139 e. The summed E-state index contributed by atoms with van der Waals surface area (Å²) in [7, 11) is 0. The number of rotatable bonds is 6. The zero-order valence-electron chi connectivity index (χ0n) is 11.8. The fourth-order valence-corrected chi connectivity index (χ4v) is 2.83. The summed E-state index contributed by atoms with van der Waals surface area (Å²) >= 11 is 0. The molecular formula is C15H23N3O2. The van der Waals surface area contributed by atoms with Gasteiger partial charge in [0.2, 0.25) is 0 Å². The van der Waals surface area contributed by atoms with Crippen LogP contribution in [-0.4, -0.2) is 49.0 Å². The molecule has 0 spiro atoms. The normalized spacial score (nSPS) is 25.6. The van der Waals surface area contributed by atoms with Gasteiger partial charge in [-0.05, 0) is 31.7 Å². The van der Waals surface area contributed by atoms with Gasteiger partial charge >= 0.3 is 0 Å². The molecule has 2 N–H and O–H groups in total. The van der Waals surface area contributed by atoms with Crippen molar-refractivity contribution in [3.63, 3.8) is 0 Å². The lowest BCUT2D eigenvalue weighted by Crippen LogP contribution is -2.46. The van der Waals surface area contributed by atoms with Crippen molar-refractivity contribution in [2.24, 2.45) is 5.92 Å². The average molecular weight is 277 g/mol. The number of aromatic nitrogens is 1. The summed E-state index contributed by atoms with van der Waals surface area (Å²) in [5, 5.41) is 12.3. The summed E-state index contributed by atoms with van der Waals surface area (Å²) in [5.41, 5.74) is 1.13. The molecule has 2 unspecified atom stereocenters. The van der Waals surface area contributed by atoms with Gasteiger partial charge < -0.3 is 20.1 Å². The van der Waals surface area contributed by atoms with Crippen molar-refractivity contribution in [1.29, 1.82) is 0 Å². The fourth-order valence-electron chi connectivity index (χ4n) is 2.83. The Balaban J connectivity index is 1.56. The molecule has 1 aromatic rings. The minimum absolute atomic E-state index is 0.286. The Bertz CT molecular complexity index is 437. The second kappa shape index (κ2) is 6.41. The van der Waals surface area contributed by atoms with Crippen LogP contribution >= 0.6 is 0 Å². The van der Waals surface area contributed by atoms with Gasteiger partial charge in [-0.3, -0.25) is 4.98 Å². The SMILES string of the molecule is OCCC1CCN(c2cncc(OCC3CCN3)c2)C1. The van der Waals surface area contributed by atoms with Gasteiger partial charge in [-0.2, -0.15) is 0 Å². The molecule has 0 saturated carbocycles. The lowest BCUT2D eigenvalue weighted by Gasteiger charge is -2.27. The third kappa shape index (κ3) is 3.22. The van der Waals surface area contributed by atoms with E-state index in [2.05, 4.69) is 21.3 Å². The highest BCUT2D eigenvalue weighted by molar-refractivity contribution is 5.49. The van der Waals surface area contributed by atoms with E-state index in [4.69, 9.17) is 9.84 Å². The molecule has 2 atom stereocenters. The van der Waals surface area contributed by atoms with Crippen LogP contribution < -0.4 is 15.0 Å². The molecule has 3 heterocycles. The van der Waals surface area contributed by atoms with Crippen LogP contribution in [0.15, 0.2) is 18.5 Å².